The second-order valence-electron chi connectivity index (χ2n) is 9.19. The highest BCUT2D eigenvalue weighted by atomic mass is 19.1. The maximum absolute atomic E-state index is 17.1. The Kier molecular flexibility index (Phi) is 5.90. The van der Waals surface area contributed by atoms with E-state index < -0.39 is 5.67 Å². The molecule has 1 atom stereocenters. The predicted molar refractivity (Wildman–Crippen MR) is 126 cm³/mol. The van der Waals surface area contributed by atoms with Crippen LogP contribution in [0.2, 0.25) is 0 Å². The van der Waals surface area contributed by atoms with Gasteiger partial charge in [0.15, 0.2) is 5.67 Å². The van der Waals surface area contributed by atoms with Crippen molar-refractivity contribution in [3.8, 4) is 0 Å². The maximum Gasteiger partial charge on any atom is 0.159 e. The Labute approximate surface area is 176 Å². The van der Waals surface area contributed by atoms with Crippen molar-refractivity contribution in [2.45, 2.75) is 79.3 Å². The monoisotopic (exact) mass is 390 g/mol. The normalized spacial score (nSPS) is 15.6. The molecule has 0 saturated heterocycles. The molecule has 0 aliphatic heterocycles. The quantitative estimate of drug-likeness (QED) is 0.481. The van der Waals surface area contributed by atoms with Gasteiger partial charge in [-0.25, -0.2) is 4.39 Å². The fourth-order valence-electron chi connectivity index (χ4n) is 4.86. The van der Waals surface area contributed by atoms with Crippen LogP contribution in [-0.4, -0.2) is 0 Å². The minimum atomic E-state index is -1.56. The zero-order valence-electron chi connectivity index (χ0n) is 19.3. The average molecular weight is 391 g/mol. The molecule has 2 aromatic carbocycles. The Morgan fingerprint density at radius 2 is 1.66 bits per heavy atom. The van der Waals surface area contributed by atoms with Gasteiger partial charge in [-0.15, -0.1) is 0 Å². The molecule has 0 aromatic heterocycles. The summed E-state index contributed by atoms with van der Waals surface area (Å²) in [6.45, 7) is 16.8. The van der Waals surface area contributed by atoms with Crippen LogP contribution in [0.15, 0.2) is 30.4 Å². The summed E-state index contributed by atoms with van der Waals surface area (Å²) in [6.07, 6.45) is 9.20. The summed E-state index contributed by atoms with van der Waals surface area (Å²) >= 11 is 0. The van der Waals surface area contributed by atoms with Gasteiger partial charge in [0.25, 0.3) is 0 Å². The molecule has 1 aliphatic rings. The first kappa shape index (κ1) is 21.6. The van der Waals surface area contributed by atoms with Gasteiger partial charge in [-0.3, -0.25) is 0 Å². The number of hydrogen-bond acceptors (Lipinski definition) is 0. The van der Waals surface area contributed by atoms with E-state index in [9.17, 15) is 0 Å². The van der Waals surface area contributed by atoms with Crippen molar-refractivity contribution < 1.29 is 4.39 Å². The first-order valence-corrected chi connectivity index (χ1v) is 10.9. The molecule has 0 spiro atoms. The fraction of sp³-hybridized carbons (Fsp3) is 0.429. The third kappa shape index (κ3) is 3.61. The number of benzene rings is 2. The number of rotatable bonds is 5. The second kappa shape index (κ2) is 7.94. The second-order valence-corrected chi connectivity index (χ2v) is 9.19. The highest BCUT2D eigenvalue weighted by molar-refractivity contribution is 5.69. The SMILES string of the molecule is C/C=C\c1c(C(C)(F)c2c(C(C)C)ccc3c2CC=C3)cc(C(C)C)c(C)c1C. The summed E-state index contributed by atoms with van der Waals surface area (Å²) in [5, 5.41) is 0. The molecule has 0 bridgehead atoms. The highest BCUT2D eigenvalue weighted by Gasteiger charge is 2.37. The maximum atomic E-state index is 17.1. The summed E-state index contributed by atoms with van der Waals surface area (Å²) in [6, 6.07) is 6.42. The summed E-state index contributed by atoms with van der Waals surface area (Å²) in [5.74, 6) is 0.628. The zero-order chi connectivity index (χ0) is 21.5. The Morgan fingerprint density at radius 1 is 1.00 bits per heavy atom. The van der Waals surface area contributed by atoms with Crippen molar-refractivity contribution in [3.05, 3.63) is 80.4 Å². The van der Waals surface area contributed by atoms with Gasteiger partial charge in [-0.2, -0.15) is 0 Å². The Hall–Kier alpha value is -2.15. The molecular weight excluding hydrogens is 355 g/mol. The van der Waals surface area contributed by atoms with E-state index in [1.807, 2.05) is 13.0 Å². The van der Waals surface area contributed by atoms with Crippen molar-refractivity contribution in [2.75, 3.05) is 0 Å². The number of allylic oxidation sites excluding steroid dienone is 2. The van der Waals surface area contributed by atoms with Crippen LogP contribution in [0.1, 0.15) is 103 Å². The summed E-state index contributed by atoms with van der Waals surface area (Å²) in [7, 11) is 0. The van der Waals surface area contributed by atoms with Crippen LogP contribution in [0.25, 0.3) is 12.2 Å². The largest absolute Gasteiger partial charge is 0.234 e. The first-order chi connectivity index (χ1) is 13.6. The lowest BCUT2D eigenvalue weighted by Crippen LogP contribution is -2.24. The number of fused-ring (bicyclic) bond motifs is 1. The molecule has 0 amide bonds. The molecule has 0 fully saturated rings. The van der Waals surface area contributed by atoms with Gasteiger partial charge in [-0.1, -0.05) is 70.2 Å². The Bertz CT molecular complexity index is 984. The van der Waals surface area contributed by atoms with Crippen molar-refractivity contribution in [3.63, 3.8) is 0 Å². The van der Waals surface area contributed by atoms with Gasteiger partial charge >= 0.3 is 0 Å². The van der Waals surface area contributed by atoms with E-state index in [1.54, 1.807) is 6.92 Å². The molecule has 0 nitrogen and oxygen atoms in total. The first-order valence-electron chi connectivity index (χ1n) is 10.9. The lowest BCUT2D eigenvalue weighted by molar-refractivity contribution is 0.246. The van der Waals surface area contributed by atoms with Crippen molar-refractivity contribution in [2.24, 2.45) is 0 Å². The molecule has 3 rings (SSSR count). The van der Waals surface area contributed by atoms with E-state index in [-0.39, 0.29) is 5.92 Å². The van der Waals surface area contributed by atoms with Crippen molar-refractivity contribution in [1.82, 2.24) is 0 Å². The highest BCUT2D eigenvalue weighted by Crippen LogP contribution is 2.46. The molecule has 29 heavy (non-hydrogen) atoms. The molecule has 1 unspecified atom stereocenters. The molecule has 1 heteroatoms. The minimum Gasteiger partial charge on any atom is -0.234 e. The number of alkyl halides is 1. The lowest BCUT2D eigenvalue weighted by Gasteiger charge is -2.32. The van der Waals surface area contributed by atoms with Crippen LogP contribution < -0.4 is 0 Å². The molecular formula is C28H35F. The predicted octanol–water partition coefficient (Wildman–Crippen LogP) is 8.39. The smallest absolute Gasteiger partial charge is 0.159 e. The van der Waals surface area contributed by atoms with Crippen LogP contribution in [0.3, 0.4) is 0 Å². The minimum absolute atomic E-state index is 0.271. The van der Waals surface area contributed by atoms with Crippen LogP contribution >= 0.6 is 0 Å². The van der Waals surface area contributed by atoms with E-state index in [1.165, 1.54) is 16.7 Å². The summed E-state index contributed by atoms with van der Waals surface area (Å²) in [5.41, 5.74) is 8.27. The Morgan fingerprint density at radius 3 is 2.24 bits per heavy atom. The van der Waals surface area contributed by atoms with Crippen LogP contribution in [-0.2, 0) is 12.1 Å². The third-order valence-electron chi connectivity index (χ3n) is 6.54. The Balaban J connectivity index is 2.38. The third-order valence-corrected chi connectivity index (χ3v) is 6.54. The van der Waals surface area contributed by atoms with Crippen LogP contribution in [0, 0.1) is 13.8 Å². The van der Waals surface area contributed by atoms with Gasteiger partial charge in [-0.05, 0) is 84.9 Å². The molecule has 0 heterocycles. The van der Waals surface area contributed by atoms with Crippen LogP contribution in [0.5, 0.6) is 0 Å². The van der Waals surface area contributed by atoms with Gasteiger partial charge in [0, 0.05) is 11.1 Å². The van der Waals surface area contributed by atoms with E-state index >= 15 is 4.39 Å². The van der Waals surface area contributed by atoms with Gasteiger partial charge in [0.05, 0.1) is 0 Å². The molecule has 0 radical (unpaired) electrons. The number of halogens is 1. The van der Waals surface area contributed by atoms with E-state index in [4.69, 9.17) is 0 Å². The molecule has 0 N–H and O–H groups in total. The van der Waals surface area contributed by atoms with E-state index in [2.05, 4.69) is 78.0 Å². The summed E-state index contributed by atoms with van der Waals surface area (Å²) in [4.78, 5) is 0. The van der Waals surface area contributed by atoms with Crippen LogP contribution in [0.4, 0.5) is 4.39 Å². The average Bonchev–Trinajstić information content (AvgIpc) is 3.12. The lowest BCUT2D eigenvalue weighted by atomic mass is 9.75. The van der Waals surface area contributed by atoms with Crippen molar-refractivity contribution >= 4 is 12.2 Å². The summed E-state index contributed by atoms with van der Waals surface area (Å²) < 4.78 is 17.1. The molecule has 154 valence electrons. The van der Waals surface area contributed by atoms with Gasteiger partial charge in [0.1, 0.15) is 0 Å². The standard InChI is InChI=1S/C28H35F/c1-9-11-23-19(6)20(7)25(18(4)5)16-26(23)28(8,29)27-22(17(2)3)15-14-21-12-10-13-24(21)27/h9-12,14-18H,13H2,1-8H3/b11-9-. The number of hydrogen-bond donors (Lipinski definition) is 0. The zero-order valence-corrected chi connectivity index (χ0v) is 19.3. The van der Waals surface area contributed by atoms with E-state index in [0.29, 0.717) is 5.92 Å². The molecule has 0 saturated carbocycles. The van der Waals surface area contributed by atoms with Gasteiger partial charge in [0.2, 0.25) is 0 Å². The van der Waals surface area contributed by atoms with Crippen molar-refractivity contribution in [1.29, 1.82) is 0 Å². The fourth-order valence-corrected chi connectivity index (χ4v) is 4.86. The van der Waals surface area contributed by atoms with Gasteiger partial charge < -0.3 is 0 Å². The topological polar surface area (TPSA) is 0 Å². The molecule has 2 aromatic rings. The van der Waals surface area contributed by atoms with E-state index in [0.717, 1.165) is 39.8 Å². The molecule has 1 aliphatic carbocycles.